The molecule has 3 rings (SSSR count). The third-order valence-electron chi connectivity index (χ3n) is 4.15. The number of nitrogens with zero attached hydrogens (tertiary/aromatic N) is 2. The van der Waals surface area contributed by atoms with E-state index in [2.05, 4.69) is 26.3 Å². The van der Waals surface area contributed by atoms with E-state index in [-0.39, 0.29) is 12.1 Å². The van der Waals surface area contributed by atoms with Gasteiger partial charge in [0.25, 0.3) is 5.91 Å². The van der Waals surface area contributed by atoms with Crippen LogP contribution in [0.2, 0.25) is 0 Å². The Kier molecular flexibility index (Phi) is 5.92. The molecule has 28 heavy (non-hydrogen) atoms. The summed E-state index contributed by atoms with van der Waals surface area (Å²) in [5.74, 6) is -0.494. The lowest BCUT2D eigenvalue weighted by molar-refractivity contribution is -0.138. The van der Waals surface area contributed by atoms with Gasteiger partial charge in [-0.2, -0.15) is 18.3 Å². The maximum atomic E-state index is 13.3. The van der Waals surface area contributed by atoms with Crippen LogP contribution in [-0.4, -0.2) is 22.2 Å². The highest BCUT2D eigenvalue weighted by Gasteiger charge is 2.35. The highest BCUT2D eigenvalue weighted by molar-refractivity contribution is 9.10. The monoisotopic (exact) mass is 472 g/mol. The molecule has 0 aliphatic heterocycles. The van der Waals surface area contributed by atoms with Gasteiger partial charge in [-0.3, -0.25) is 9.48 Å². The van der Waals surface area contributed by atoms with Gasteiger partial charge in [-0.25, -0.2) is 0 Å². The SMILES string of the molecule is Cn1nccc1-c1sc(C(=O)NC(CN)c2ccccc2C(F)(F)F)cc1Br. The second-order valence-electron chi connectivity index (χ2n) is 5.97. The standard InChI is InChI=1S/C18H16BrF3N4OS/c1-26-14(6-7-24-26)16-12(19)8-15(28-16)17(27)25-13(9-23)10-4-2-3-5-11(10)18(20,21)22/h2-8,13H,9,23H2,1H3,(H,25,27). The van der Waals surface area contributed by atoms with E-state index in [1.54, 1.807) is 30.1 Å². The van der Waals surface area contributed by atoms with E-state index in [0.717, 1.165) is 16.6 Å². The third-order valence-corrected chi connectivity index (χ3v) is 6.19. The molecule has 1 atom stereocenters. The lowest BCUT2D eigenvalue weighted by Crippen LogP contribution is -2.34. The first kappa shape index (κ1) is 20.6. The zero-order chi connectivity index (χ0) is 20.5. The minimum atomic E-state index is -4.53. The fraction of sp³-hybridized carbons (Fsp3) is 0.222. The number of hydrogen-bond donors (Lipinski definition) is 2. The van der Waals surface area contributed by atoms with Crippen LogP contribution < -0.4 is 11.1 Å². The molecule has 5 nitrogen and oxygen atoms in total. The molecule has 0 radical (unpaired) electrons. The van der Waals surface area contributed by atoms with Gasteiger partial charge in [-0.1, -0.05) is 18.2 Å². The van der Waals surface area contributed by atoms with Crippen molar-refractivity contribution in [3.63, 3.8) is 0 Å². The molecule has 0 fully saturated rings. The molecule has 1 unspecified atom stereocenters. The second kappa shape index (κ2) is 8.06. The molecular formula is C18H16BrF3N4OS. The minimum Gasteiger partial charge on any atom is -0.343 e. The summed E-state index contributed by atoms with van der Waals surface area (Å²) in [4.78, 5) is 13.8. The zero-order valence-corrected chi connectivity index (χ0v) is 17.0. The third kappa shape index (κ3) is 4.13. The van der Waals surface area contributed by atoms with E-state index < -0.39 is 23.7 Å². The first-order valence-electron chi connectivity index (χ1n) is 8.17. The summed E-state index contributed by atoms with van der Waals surface area (Å²) < 4.78 is 42.2. The number of halogens is 4. The van der Waals surface area contributed by atoms with Crippen molar-refractivity contribution >= 4 is 33.2 Å². The number of aryl methyl sites for hydroxylation is 1. The van der Waals surface area contributed by atoms with Crippen LogP contribution in [0.3, 0.4) is 0 Å². The molecular weight excluding hydrogens is 457 g/mol. The predicted molar refractivity (Wildman–Crippen MR) is 105 cm³/mol. The number of nitrogens with two attached hydrogens (primary N) is 1. The van der Waals surface area contributed by atoms with Gasteiger partial charge in [0, 0.05) is 24.3 Å². The number of alkyl halides is 3. The summed E-state index contributed by atoms with van der Waals surface area (Å²) in [6.07, 6.45) is -2.90. The van der Waals surface area contributed by atoms with E-state index >= 15 is 0 Å². The molecule has 2 aromatic heterocycles. The fourth-order valence-electron chi connectivity index (χ4n) is 2.80. The van der Waals surface area contributed by atoms with Crippen molar-refractivity contribution in [1.82, 2.24) is 15.1 Å². The summed E-state index contributed by atoms with van der Waals surface area (Å²) in [6, 6.07) is 7.57. The Morgan fingerprint density at radius 1 is 1.36 bits per heavy atom. The highest BCUT2D eigenvalue weighted by atomic mass is 79.9. The number of carbonyl (C=O) groups is 1. The molecule has 2 heterocycles. The minimum absolute atomic E-state index is 0.0617. The highest BCUT2D eigenvalue weighted by Crippen LogP contribution is 2.37. The Bertz CT molecular complexity index is 999. The van der Waals surface area contributed by atoms with Gasteiger partial charge in [-0.15, -0.1) is 11.3 Å². The van der Waals surface area contributed by atoms with Crippen LogP contribution in [0.1, 0.15) is 26.8 Å². The maximum absolute atomic E-state index is 13.3. The number of nitrogens with one attached hydrogen (secondary N) is 1. The van der Waals surface area contributed by atoms with Crippen LogP contribution in [0, 0.1) is 0 Å². The van der Waals surface area contributed by atoms with Crippen molar-refractivity contribution < 1.29 is 18.0 Å². The van der Waals surface area contributed by atoms with Crippen molar-refractivity contribution in [1.29, 1.82) is 0 Å². The van der Waals surface area contributed by atoms with E-state index in [1.165, 1.54) is 29.5 Å². The van der Waals surface area contributed by atoms with Gasteiger partial charge in [0.2, 0.25) is 0 Å². The maximum Gasteiger partial charge on any atom is 0.416 e. The van der Waals surface area contributed by atoms with Gasteiger partial charge in [-0.05, 0) is 39.7 Å². The van der Waals surface area contributed by atoms with Gasteiger partial charge in [0.15, 0.2) is 0 Å². The van der Waals surface area contributed by atoms with E-state index in [9.17, 15) is 18.0 Å². The van der Waals surface area contributed by atoms with Crippen molar-refractivity contribution in [2.75, 3.05) is 6.54 Å². The average molecular weight is 473 g/mol. The number of rotatable bonds is 5. The predicted octanol–water partition coefficient (Wildman–Crippen LogP) is 4.36. The van der Waals surface area contributed by atoms with Crippen LogP contribution >= 0.6 is 27.3 Å². The molecule has 3 aromatic rings. The molecule has 0 spiro atoms. The number of hydrogen-bond acceptors (Lipinski definition) is 4. The summed E-state index contributed by atoms with van der Waals surface area (Å²) in [5.41, 5.74) is 5.62. The molecule has 1 amide bonds. The normalized spacial score (nSPS) is 12.8. The number of thiophene rings is 1. The first-order chi connectivity index (χ1) is 13.2. The Morgan fingerprint density at radius 2 is 2.07 bits per heavy atom. The van der Waals surface area contributed by atoms with Crippen molar-refractivity contribution in [3.8, 4) is 10.6 Å². The smallest absolute Gasteiger partial charge is 0.343 e. The molecule has 0 bridgehead atoms. The Labute approximate surface area is 171 Å². The summed E-state index contributed by atoms with van der Waals surface area (Å²) in [5, 5.41) is 6.72. The van der Waals surface area contributed by atoms with Crippen molar-refractivity contribution in [3.05, 3.63) is 63.1 Å². The lowest BCUT2D eigenvalue weighted by Gasteiger charge is -2.21. The van der Waals surface area contributed by atoms with E-state index in [1.807, 2.05) is 0 Å². The topological polar surface area (TPSA) is 72.9 Å². The number of aromatic nitrogens is 2. The van der Waals surface area contributed by atoms with Crippen LogP contribution in [0.15, 0.2) is 47.1 Å². The van der Waals surface area contributed by atoms with Crippen LogP contribution in [0.5, 0.6) is 0 Å². The summed E-state index contributed by atoms with van der Waals surface area (Å²) >= 11 is 4.64. The first-order valence-corrected chi connectivity index (χ1v) is 9.78. The largest absolute Gasteiger partial charge is 0.416 e. The Hall–Kier alpha value is -2.17. The van der Waals surface area contributed by atoms with E-state index in [0.29, 0.717) is 9.35 Å². The summed E-state index contributed by atoms with van der Waals surface area (Å²) in [6.45, 7) is -0.167. The van der Waals surface area contributed by atoms with E-state index in [4.69, 9.17) is 5.73 Å². The fourth-order valence-corrected chi connectivity index (χ4v) is 4.64. The Morgan fingerprint density at radius 3 is 2.68 bits per heavy atom. The molecule has 0 aliphatic carbocycles. The molecule has 148 valence electrons. The quantitative estimate of drug-likeness (QED) is 0.579. The number of carbonyl (C=O) groups excluding carboxylic acids is 1. The second-order valence-corrected chi connectivity index (χ2v) is 7.88. The molecule has 0 saturated carbocycles. The summed E-state index contributed by atoms with van der Waals surface area (Å²) in [7, 11) is 1.78. The zero-order valence-electron chi connectivity index (χ0n) is 14.6. The Balaban J connectivity index is 1.88. The number of amides is 1. The molecule has 1 aromatic carbocycles. The van der Waals surface area contributed by atoms with Crippen LogP contribution in [0.25, 0.3) is 10.6 Å². The van der Waals surface area contributed by atoms with Crippen LogP contribution in [-0.2, 0) is 13.2 Å². The van der Waals surface area contributed by atoms with Gasteiger partial charge in [0.05, 0.1) is 27.1 Å². The number of benzene rings is 1. The molecule has 0 aliphatic rings. The van der Waals surface area contributed by atoms with Crippen molar-refractivity contribution in [2.45, 2.75) is 12.2 Å². The lowest BCUT2D eigenvalue weighted by atomic mass is 9.99. The van der Waals surface area contributed by atoms with Gasteiger partial charge < -0.3 is 11.1 Å². The van der Waals surface area contributed by atoms with Gasteiger partial charge >= 0.3 is 6.18 Å². The van der Waals surface area contributed by atoms with Crippen LogP contribution in [0.4, 0.5) is 13.2 Å². The molecule has 3 N–H and O–H groups in total. The average Bonchev–Trinajstić information content (AvgIpc) is 3.24. The molecule has 10 heteroatoms. The van der Waals surface area contributed by atoms with Gasteiger partial charge in [0.1, 0.15) is 0 Å². The van der Waals surface area contributed by atoms with Crippen molar-refractivity contribution in [2.24, 2.45) is 12.8 Å². The molecule has 0 saturated heterocycles.